The van der Waals surface area contributed by atoms with Gasteiger partial charge in [0, 0.05) is 6.54 Å². The van der Waals surface area contributed by atoms with E-state index >= 15 is 0 Å². The van der Waals surface area contributed by atoms with Crippen LogP contribution in [0, 0.1) is 5.92 Å². The predicted molar refractivity (Wildman–Crippen MR) is 93.1 cm³/mol. The molecule has 0 bridgehead atoms. The Hall–Kier alpha value is -1.63. The first kappa shape index (κ1) is 20.4. The second-order valence-corrected chi connectivity index (χ2v) is 6.93. The highest BCUT2D eigenvalue weighted by Gasteiger charge is 2.40. The average Bonchev–Trinajstić information content (AvgIpc) is 2.57. The van der Waals surface area contributed by atoms with Crippen molar-refractivity contribution in [2.75, 3.05) is 13.1 Å². The molecular formula is C17H32N4O3. The first-order valence-corrected chi connectivity index (χ1v) is 8.95. The highest BCUT2D eigenvalue weighted by molar-refractivity contribution is 5.93. The summed E-state index contributed by atoms with van der Waals surface area (Å²) in [6.07, 6.45) is 4.99. The van der Waals surface area contributed by atoms with Crippen LogP contribution in [0.4, 0.5) is 0 Å². The zero-order valence-corrected chi connectivity index (χ0v) is 15.1. The van der Waals surface area contributed by atoms with Crippen molar-refractivity contribution in [2.45, 2.75) is 70.9 Å². The van der Waals surface area contributed by atoms with Gasteiger partial charge in [0.2, 0.25) is 17.7 Å². The van der Waals surface area contributed by atoms with Crippen LogP contribution < -0.4 is 21.7 Å². The van der Waals surface area contributed by atoms with Gasteiger partial charge in [-0.15, -0.1) is 0 Å². The molecule has 7 nitrogen and oxygen atoms in total. The van der Waals surface area contributed by atoms with E-state index in [4.69, 9.17) is 5.73 Å². The van der Waals surface area contributed by atoms with Crippen molar-refractivity contribution in [2.24, 2.45) is 11.7 Å². The summed E-state index contributed by atoms with van der Waals surface area (Å²) in [6, 6.07) is -0.644. The molecule has 0 aromatic rings. The fraction of sp³-hybridized carbons (Fsp3) is 0.824. The van der Waals surface area contributed by atoms with Crippen molar-refractivity contribution in [1.82, 2.24) is 16.0 Å². The van der Waals surface area contributed by atoms with Crippen molar-refractivity contribution in [3.05, 3.63) is 0 Å². The molecule has 0 radical (unpaired) electrons. The van der Waals surface area contributed by atoms with Gasteiger partial charge in [0.05, 0.1) is 12.6 Å². The van der Waals surface area contributed by atoms with E-state index in [0.29, 0.717) is 19.4 Å². The Morgan fingerprint density at radius 3 is 2.25 bits per heavy atom. The lowest BCUT2D eigenvalue weighted by molar-refractivity contribution is -0.135. The minimum atomic E-state index is -0.852. The van der Waals surface area contributed by atoms with E-state index in [0.717, 1.165) is 25.7 Å². The number of amides is 3. The summed E-state index contributed by atoms with van der Waals surface area (Å²) >= 11 is 0. The van der Waals surface area contributed by atoms with Gasteiger partial charge in [-0.25, -0.2) is 0 Å². The van der Waals surface area contributed by atoms with Gasteiger partial charge in [-0.3, -0.25) is 14.4 Å². The zero-order valence-electron chi connectivity index (χ0n) is 15.1. The Kier molecular flexibility index (Phi) is 8.18. The van der Waals surface area contributed by atoms with Gasteiger partial charge >= 0.3 is 0 Å². The van der Waals surface area contributed by atoms with Crippen LogP contribution in [-0.2, 0) is 14.4 Å². The second-order valence-electron chi connectivity index (χ2n) is 6.93. The number of carbonyl (C=O) groups is 3. The molecule has 138 valence electrons. The molecule has 1 aliphatic carbocycles. The molecule has 5 N–H and O–H groups in total. The Bertz CT molecular complexity index is 445. The van der Waals surface area contributed by atoms with Gasteiger partial charge in [-0.2, -0.15) is 0 Å². The molecule has 24 heavy (non-hydrogen) atoms. The summed E-state index contributed by atoms with van der Waals surface area (Å²) < 4.78 is 0. The van der Waals surface area contributed by atoms with E-state index in [1.54, 1.807) is 0 Å². The summed E-state index contributed by atoms with van der Waals surface area (Å²) in [6.45, 7) is 6.11. The molecule has 1 saturated carbocycles. The molecule has 1 fully saturated rings. The SMILES string of the molecule is CCCNC(=O)C1(NC(=O)CNC(=O)[C@@H](N)C(C)C)CCCCC1. The minimum absolute atomic E-state index is 0.00225. The lowest BCUT2D eigenvalue weighted by atomic mass is 9.80. The van der Waals surface area contributed by atoms with Crippen LogP contribution in [0.2, 0.25) is 0 Å². The topological polar surface area (TPSA) is 113 Å². The molecule has 0 aliphatic heterocycles. The molecule has 0 unspecified atom stereocenters. The van der Waals surface area contributed by atoms with E-state index in [1.807, 2.05) is 20.8 Å². The summed E-state index contributed by atoms with van der Waals surface area (Å²) in [4.78, 5) is 36.6. The fourth-order valence-electron chi connectivity index (χ4n) is 2.87. The maximum Gasteiger partial charge on any atom is 0.245 e. The molecule has 0 spiro atoms. The van der Waals surface area contributed by atoms with Crippen LogP contribution in [0.25, 0.3) is 0 Å². The van der Waals surface area contributed by atoms with Crippen LogP contribution in [0.15, 0.2) is 0 Å². The summed E-state index contributed by atoms with van der Waals surface area (Å²) in [7, 11) is 0. The van der Waals surface area contributed by atoms with Crippen LogP contribution in [0.5, 0.6) is 0 Å². The lowest BCUT2D eigenvalue weighted by Crippen LogP contribution is -2.61. The van der Waals surface area contributed by atoms with Gasteiger partial charge < -0.3 is 21.7 Å². The summed E-state index contributed by atoms with van der Waals surface area (Å²) in [5.41, 5.74) is 4.90. The molecular weight excluding hydrogens is 308 g/mol. The molecule has 1 atom stereocenters. The van der Waals surface area contributed by atoms with Crippen LogP contribution in [-0.4, -0.2) is 42.4 Å². The van der Waals surface area contributed by atoms with Crippen LogP contribution >= 0.6 is 0 Å². The molecule has 7 heteroatoms. The normalized spacial score (nSPS) is 17.9. The van der Waals surface area contributed by atoms with Crippen molar-refractivity contribution >= 4 is 17.7 Å². The Morgan fingerprint density at radius 1 is 1.08 bits per heavy atom. The zero-order chi connectivity index (χ0) is 18.2. The van der Waals surface area contributed by atoms with E-state index in [9.17, 15) is 14.4 Å². The number of hydrogen-bond acceptors (Lipinski definition) is 4. The van der Waals surface area contributed by atoms with Gasteiger partial charge in [0.1, 0.15) is 5.54 Å². The number of carbonyl (C=O) groups excluding carboxylic acids is 3. The standard InChI is InChI=1S/C17H32N4O3/c1-4-10-19-16(24)17(8-6-5-7-9-17)21-13(22)11-20-15(23)14(18)12(2)3/h12,14H,4-11,18H2,1-3H3,(H,19,24)(H,20,23)(H,21,22)/t14-/m0/s1. The minimum Gasteiger partial charge on any atom is -0.354 e. The lowest BCUT2D eigenvalue weighted by Gasteiger charge is -2.36. The van der Waals surface area contributed by atoms with E-state index in [2.05, 4.69) is 16.0 Å². The van der Waals surface area contributed by atoms with Gasteiger partial charge in [0.15, 0.2) is 0 Å². The number of hydrogen-bond donors (Lipinski definition) is 4. The van der Waals surface area contributed by atoms with Crippen molar-refractivity contribution < 1.29 is 14.4 Å². The smallest absolute Gasteiger partial charge is 0.245 e. The quantitative estimate of drug-likeness (QED) is 0.513. The molecule has 0 aromatic carbocycles. The molecule has 1 aliphatic rings. The molecule has 1 rings (SSSR count). The van der Waals surface area contributed by atoms with Crippen LogP contribution in [0.3, 0.4) is 0 Å². The van der Waals surface area contributed by atoms with Gasteiger partial charge in [0.25, 0.3) is 0 Å². The highest BCUT2D eigenvalue weighted by atomic mass is 16.2. The molecule has 0 aromatic heterocycles. The third-order valence-electron chi connectivity index (χ3n) is 4.50. The number of rotatable bonds is 8. The van der Waals surface area contributed by atoms with Gasteiger partial charge in [-0.05, 0) is 25.2 Å². The first-order chi connectivity index (χ1) is 11.3. The van der Waals surface area contributed by atoms with E-state index in [-0.39, 0.29) is 30.2 Å². The Balaban J connectivity index is 2.61. The number of nitrogens with two attached hydrogens (primary N) is 1. The first-order valence-electron chi connectivity index (χ1n) is 8.95. The summed E-state index contributed by atoms with van der Waals surface area (Å²) in [5.74, 6) is -0.832. The van der Waals surface area contributed by atoms with Crippen LogP contribution in [0.1, 0.15) is 59.3 Å². The second kappa shape index (κ2) is 9.61. The maximum absolute atomic E-state index is 12.5. The average molecular weight is 340 g/mol. The molecule has 0 heterocycles. The van der Waals surface area contributed by atoms with Crippen molar-refractivity contribution in [1.29, 1.82) is 0 Å². The Morgan fingerprint density at radius 2 is 1.71 bits per heavy atom. The third kappa shape index (κ3) is 5.78. The Labute approximate surface area is 144 Å². The number of nitrogens with one attached hydrogen (secondary N) is 3. The summed E-state index contributed by atoms with van der Waals surface area (Å²) in [5, 5.41) is 8.29. The molecule has 3 amide bonds. The monoisotopic (exact) mass is 340 g/mol. The predicted octanol–water partition coefficient (Wildman–Crippen LogP) is 0.431. The van der Waals surface area contributed by atoms with E-state index in [1.165, 1.54) is 0 Å². The van der Waals surface area contributed by atoms with Crippen molar-refractivity contribution in [3.8, 4) is 0 Å². The van der Waals surface area contributed by atoms with Gasteiger partial charge in [-0.1, -0.05) is 40.0 Å². The molecule has 0 saturated heterocycles. The maximum atomic E-state index is 12.5. The highest BCUT2D eigenvalue weighted by Crippen LogP contribution is 2.28. The fourth-order valence-corrected chi connectivity index (χ4v) is 2.87. The third-order valence-corrected chi connectivity index (χ3v) is 4.50. The largest absolute Gasteiger partial charge is 0.354 e. The van der Waals surface area contributed by atoms with Crippen molar-refractivity contribution in [3.63, 3.8) is 0 Å². The van der Waals surface area contributed by atoms with E-state index < -0.39 is 11.6 Å².